The molecule has 116 valence electrons. The number of carboxylic acid groups (broad SMARTS) is 1. The third-order valence-corrected chi connectivity index (χ3v) is 2.72. The SMILES string of the molecule is O=C(O)CC(CO)C(=O)Nc1cc(Cl)cc(C(F)(F)F)c1. The van der Waals surface area contributed by atoms with Gasteiger partial charge in [0.25, 0.3) is 0 Å². The monoisotopic (exact) mass is 325 g/mol. The lowest BCUT2D eigenvalue weighted by atomic mass is 10.1. The number of aliphatic carboxylic acids is 1. The summed E-state index contributed by atoms with van der Waals surface area (Å²) in [6.45, 7) is -0.745. The summed E-state index contributed by atoms with van der Waals surface area (Å²) in [5.74, 6) is -3.49. The molecule has 21 heavy (non-hydrogen) atoms. The second-order valence-electron chi connectivity index (χ2n) is 4.19. The molecule has 0 aliphatic rings. The van der Waals surface area contributed by atoms with Crippen molar-refractivity contribution < 1.29 is 33.0 Å². The molecule has 9 heteroatoms. The molecule has 0 spiro atoms. The first kappa shape index (κ1) is 17.3. The summed E-state index contributed by atoms with van der Waals surface area (Å²) in [5, 5.41) is 19.4. The van der Waals surface area contributed by atoms with Crippen LogP contribution in [-0.2, 0) is 15.8 Å². The number of anilines is 1. The number of hydrogen-bond acceptors (Lipinski definition) is 3. The number of alkyl halides is 3. The summed E-state index contributed by atoms with van der Waals surface area (Å²) in [6, 6.07) is 2.45. The number of carbonyl (C=O) groups excluding carboxylic acids is 1. The summed E-state index contributed by atoms with van der Waals surface area (Å²) in [6.07, 6.45) is -5.28. The van der Waals surface area contributed by atoms with Crippen LogP contribution in [0.1, 0.15) is 12.0 Å². The Morgan fingerprint density at radius 2 is 1.90 bits per heavy atom. The van der Waals surface area contributed by atoms with E-state index in [1.165, 1.54) is 0 Å². The number of rotatable bonds is 5. The minimum absolute atomic E-state index is 0.233. The Hall–Kier alpha value is -1.80. The predicted molar refractivity (Wildman–Crippen MR) is 67.9 cm³/mol. The van der Waals surface area contributed by atoms with E-state index in [1.807, 2.05) is 0 Å². The van der Waals surface area contributed by atoms with Crippen molar-refractivity contribution in [2.24, 2.45) is 5.92 Å². The van der Waals surface area contributed by atoms with Gasteiger partial charge in [0.15, 0.2) is 0 Å². The van der Waals surface area contributed by atoms with Gasteiger partial charge in [-0.2, -0.15) is 13.2 Å². The molecule has 0 heterocycles. The average molecular weight is 326 g/mol. The standard InChI is InChI=1S/C12H11ClF3NO4/c13-8-2-7(12(14,15)16)3-9(4-8)17-11(21)6(5-18)1-10(19)20/h2-4,6,18H,1,5H2,(H,17,21)(H,19,20). The molecular formula is C12H11ClF3NO4. The molecular weight excluding hydrogens is 315 g/mol. The Bertz CT molecular complexity index is 548. The zero-order valence-corrected chi connectivity index (χ0v) is 11.2. The molecule has 0 saturated heterocycles. The minimum Gasteiger partial charge on any atom is -0.481 e. The van der Waals surface area contributed by atoms with E-state index in [-0.39, 0.29) is 10.7 Å². The van der Waals surface area contributed by atoms with Crippen LogP contribution in [0.2, 0.25) is 5.02 Å². The van der Waals surface area contributed by atoms with E-state index in [0.29, 0.717) is 12.1 Å². The zero-order valence-electron chi connectivity index (χ0n) is 10.4. The molecule has 0 bridgehead atoms. The number of carbonyl (C=O) groups is 2. The summed E-state index contributed by atoms with van der Waals surface area (Å²) in [4.78, 5) is 22.2. The largest absolute Gasteiger partial charge is 0.481 e. The van der Waals surface area contributed by atoms with Gasteiger partial charge >= 0.3 is 12.1 Å². The van der Waals surface area contributed by atoms with Crippen LogP contribution in [0.3, 0.4) is 0 Å². The number of amides is 1. The van der Waals surface area contributed by atoms with Crippen molar-refractivity contribution in [3.63, 3.8) is 0 Å². The lowest BCUT2D eigenvalue weighted by Gasteiger charge is -2.14. The molecule has 0 fully saturated rings. The van der Waals surface area contributed by atoms with Gasteiger partial charge in [0, 0.05) is 10.7 Å². The van der Waals surface area contributed by atoms with Gasteiger partial charge in [-0.3, -0.25) is 9.59 Å². The summed E-state index contributed by atoms with van der Waals surface area (Å²) in [5.41, 5.74) is -1.28. The first-order chi connectivity index (χ1) is 9.63. The number of carboxylic acids is 1. The minimum atomic E-state index is -4.64. The fraction of sp³-hybridized carbons (Fsp3) is 0.333. The number of hydrogen-bond donors (Lipinski definition) is 3. The molecule has 1 unspecified atom stereocenters. The number of aliphatic hydroxyl groups excluding tert-OH is 1. The second-order valence-corrected chi connectivity index (χ2v) is 4.63. The first-order valence-corrected chi connectivity index (χ1v) is 6.02. The highest BCUT2D eigenvalue weighted by molar-refractivity contribution is 6.31. The molecule has 3 N–H and O–H groups in total. The highest BCUT2D eigenvalue weighted by Crippen LogP contribution is 2.33. The van der Waals surface area contributed by atoms with Crippen LogP contribution in [0, 0.1) is 5.92 Å². The lowest BCUT2D eigenvalue weighted by molar-refractivity contribution is -0.140. The van der Waals surface area contributed by atoms with Gasteiger partial charge < -0.3 is 15.5 Å². The summed E-state index contributed by atoms with van der Waals surface area (Å²) < 4.78 is 37.8. The maximum atomic E-state index is 12.6. The summed E-state index contributed by atoms with van der Waals surface area (Å²) >= 11 is 5.54. The van der Waals surface area contributed by atoms with Crippen LogP contribution in [0.25, 0.3) is 0 Å². The maximum Gasteiger partial charge on any atom is 0.416 e. The maximum absolute atomic E-state index is 12.6. The second kappa shape index (κ2) is 6.77. The average Bonchev–Trinajstić information content (AvgIpc) is 2.33. The van der Waals surface area contributed by atoms with E-state index in [2.05, 4.69) is 5.32 Å². The molecule has 1 amide bonds. The molecule has 1 aromatic rings. The Morgan fingerprint density at radius 1 is 1.29 bits per heavy atom. The Morgan fingerprint density at radius 3 is 2.38 bits per heavy atom. The van der Waals surface area contributed by atoms with Gasteiger partial charge in [0.1, 0.15) is 0 Å². The van der Waals surface area contributed by atoms with E-state index in [9.17, 15) is 22.8 Å². The zero-order chi connectivity index (χ0) is 16.2. The van der Waals surface area contributed by atoms with Crippen LogP contribution in [0.4, 0.5) is 18.9 Å². The summed E-state index contributed by atoms with van der Waals surface area (Å²) in [7, 11) is 0. The van der Waals surface area contributed by atoms with E-state index in [4.69, 9.17) is 21.8 Å². The molecule has 5 nitrogen and oxygen atoms in total. The van der Waals surface area contributed by atoms with E-state index >= 15 is 0 Å². The van der Waals surface area contributed by atoms with Crippen molar-refractivity contribution in [1.29, 1.82) is 0 Å². The van der Waals surface area contributed by atoms with Crippen molar-refractivity contribution in [2.45, 2.75) is 12.6 Å². The molecule has 0 radical (unpaired) electrons. The van der Waals surface area contributed by atoms with Gasteiger partial charge in [0.05, 0.1) is 24.5 Å². The van der Waals surface area contributed by atoms with Crippen LogP contribution < -0.4 is 5.32 Å². The third-order valence-electron chi connectivity index (χ3n) is 2.50. The number of benzene rings is 1. The van der Waals surface area contributed by atoms with Gasteiger partial charge in [-0.1, -0.05) is 11.6 Å². The van der Waals surface area contributed by atoms with E-state index < -0.39 is 42.6 Å². The topological polar surface area (TPSA) is 86.6 Å². The van der Waals surface area contributed by atoms with Crippen molar-refractivity contribution in [3.05, 3.63) is 28.8 Å². The Kier molecular flexibility index (Phi) is 5.56. The fourth-order valence-corrected chi connectivity index (χ4v) is 1.76. The highest BCUT2D eigenvalue weighted by atomic mass is 35.5. The molecule has 0 aliphatic heterocycles. The molecule has 0 saturated carbocycles. The molecule has 0 aliphatic carbocycles. The molecule has 1 aromatic carbocycles. The number of nitrogens with one attached hydrogen (secondary N) is 1. The quantitative estimate of drug-likeness (QED) is 0.775. The third kappa shape index (κ3) is 5.24. The van der Waals surface area contributed by atoms with Gasteiger partial charge in [0.2, 0.25) is 5.91 Å². The first-order valence-electron chi connectivity index (χ1n) is 5.64. The fourth-order valence-electron chi connectivity index (χ4n) is 1.52. The molecule has 0 aromatic heterocycles. The van der Waals surface area contributed by atoms with Crippen LogP contribution in [-0.4, -0.2) is 28.7 Å². The Balaban J connectivity index is 2.94. The lowest BCUT2D eigenvalue weighted by Crippen LogP contribution is -2.28. The van der Waals surface area contributed by atoms with E-state index in [0.717, 1.165) is 6.07 Å². The predicted octanol–water partition coefficient (Wildman–Crippen LogP) is 2.38. The molecule has 1 atom stereocenters. The normalized spacial score (nSPS) is 12.8. The Labute approximate surface area is 122 Å². The van der Waals surface area contributed by atoms with Crippen molar-refractivity contribution in [2.75, 3.05) is 11.9 Å². The van der Waals surface area contributed by atoms with Crippen LogP contribution in [0.15, 0.2) is 18.2 Å². The molecule has 1 rings (SSSR count). The van der Waals surface area contributed by atoms with Gasteiger partial charge in [-0.25, -0.2) is 0 Å². The van der Waals surface area contributed by atoms with Crippen molar-refractivity contribution in [3.8, 4) is 0 Å². The van der Waals surface area contributed by atoms with Crippen molar-refractivity contribution in [1.82, 2.24) is 0 Å². The van der Waals surface area contributed by atoms with E-state index in [1.54, 1.807) is 0 Å². The van der Waals surface area contributed by atoms with Gasteiger partial charge in [-0.15, -0.1) is 0 Å². The highest BCUT2D eigenvalue weighted by Gasteiger charge is 2.31. The van der Waals surface area contributed by atoms with Crippen LogP contribution in [0.5, 0.6) is 0 Å². The van der Waals surface area contributed by atoms with Crippen LogP contribution >= 0.6 is 11.6 Å². The smallest absolute Gasteiger partial charge is 0.416 e. The van der Waals surface area contributed by atoms with Crippen molar-refractivity contribution >= 4 is 29.2 Å². The number of halogens is 4. The van der Waals surface area contributed by atoms with Gasteiger partial charge in [-0.05, 0) is 18.2 Å². The number of aliphatic hydroxyl groups is 1.